The Labute approximate surface area is 120 Å². The molecule has 1 N–H and O–H groups in total. The van der Waals surface area contributed by atoms with Crippen LogP contribution in [0.4, 0.5) is 5.13 Å². The van der Waals surface area contributed by atoms with Crippen LogP contribution in [0.5, 0.6) is 0 Å². The van der Waals surface area contributed by atoms with Gasteiger partial charge in [-0.1, -0.05) is 20.8 Å². The van der Waals surface area contributed by atoms with Crippen molar-refractivity contribution >= 4 is 16.5 Å². The molecule has 106 valence electrons. The number of aromatic nitrogens is 1. The zero-order chi connectivity index (χ0) is 13.5. The highest BCUT2D eigenvalue weighted by Gasteiger charge is 2.32. The van der Waals surface area contributed by atoms with Crippen molar-refractivity contribution in [3.05, 3.63) is 11.1 Å². The van der Waals surface area contributed by atoms with Crippen molar-refractivity contribution in [1.29, 1.82) is 0 Å². The zero-order valence-electron chi connectivity index (χ0n) is 12.3. The lowest BCUT2D eigenvalue weighted by Crippen LogP contribution is -2.25. The van der Waals surface area contributed by atoms with Gasteiger partial charge in [0.2, 0.25) is 0 Å². The maximum atomic E-state index is 4.79. The Morgan fingerprint density at radius 2 is 2.16 bits per heavy atom. The van der Waals surface area contributed by atoms with E-state index in [1.54, 1.807) is 11.3 Å². The average molecular weight is 279 g/mol. The van der Waals surface area contributed by atoms with Gasteiger partial charge in [0.25, 0.3) is 0 Å². The van der Waals surface area contributed by atoms with E-state index in [-0.39, 0.29) is 0 Å². The average Bonchev–Trinajstić information content (AvgIpc) is 2.87. The maximum Gasteiger partial charge on any atom is 0.185 e. The lowest BCUT2D eigenvalue weighted by atomic mass is 9.80. The molecule has 0 amide bonds. The van der Waals surface area contributed by atoms with Crippen molar-refractivity contribution in [2.24, 2.45) is 11.3 Å². The van der Waals surface area contributed by atoms with E-state index in [2.05, 4.69) is 36.4 Å². The molecular formula is C15H25N3S. The first kappa shape index (κ1) is 13.4. The molecular weight excluding hydrogens is 254 g/mol. The maximum absolute atomic E-state index is 4.79. The van der Waals surface area contributed by atoms with Gasteiger partial charge in [0.05, 0.1) is 5.69 Å². The van der Waals surface area contributed by atoms with Crippen LogP contribution in [0, 0.1) is 11.3 Å². The Morgan fingerprint density at radius 1 is 1.37 bits per heavy atom. The Morgan fingerprint density at radius 3 is 2.79 bits per heavy atom. The van der Waals surface area contributed by atoms with Crippen LogP contribution >= 0.6 is 11.3 Å². The van der Waals surface area contributed by atoms with E-state index < -0.39 is 0 Å². The summed E-state index contributed by atoms with van der Waals surface area (Å²) in [6.07, 6.45) is 3.99. The van der Waals surface area contributed by atoms with Gasteiger partial charge in [0, 0.05) is 31.1 Å². The van der Waals surface area contributed by atoms with Crippen molar-refractivity contribution in [2.75, 3.05) is 18.0 Å². The largest absolute Gasteiger partial charge is 0.348 e. The van der Waals surface area contributed by atoms with Crippen molar-refractivity contribution in [3.8, 4) is 0 Å². The van der Waals surface area contributed by atoms with E-state index in [0.717, 1.165) is 18.5 Å². The van der Waals surface area contributed by atoms with Gasteiger partial charge in [-0.2, -0.15) is 0 Å². The Balaban J connectivity index is 1.57. The summed E-state index contributed by atoms with van der Waals surface area (Å²) in [5.41, 5.74) is 1.63. The molecule has 4 heteroatoms. The molecule has 1 aliphatic carbocycles. The Bertz CT molecular complexity index is 431. The minimum atomic E-state index is 0.419. The highest BCUT2D eigenvalue weighted by atomic mass is 32.1. The van der Waals surface area contributed by atoms with E-state index in [1.807, 2.05) is 0 Å². The van der Waals surface area contributed by atoms with Gasteiger partial charge in [0.1, 0.15) is 0 Å². The number of nitrogens with zero attached hydrogens (tertiary/aromatic N) is 2. The van der Waals surface area contributed by atoms with E-state index in [0.29, 0.717) is 5.41 Å². The molecule has 0 spiro atoms. The van der Waals surface area contributed by atoms with Crippen LogP contribution in [0.2, 0.25) is 0 Å². The first-order valence-corrected chi connectivity index (χ1v) is 8.33. The fraction of sp³-hybridized carbons (Fsp3) is 0.800. The number of hydrogen-bond donors (Lipinski definition) is 1. The summed E-state index contributed by atoms with van der Waals surface area (Å²) in [6.45, 7) is 10.4. The lowest BCUT2D eigenvalue weighted by molar-refractivity contribution is 0.263. The standard InChI is InChI=1S/C15H25N3S/c1-15(2,3)11-6-7-18(9-11)14-17-13(10-19-14)8-16-12-4-5-12/h10-12,16H,4-9H2,1-3H3. The number of rotatable bonds is 4. The van der Waals surface area contributed by atoms with Gasteiger partial charge in [-0.15, -0.1) is 11.3 Å². The van der Waals surface area contributed by atoms with Gasteiger partial charge in [-0.05, 0) is 30.6 Å². The summed E-state index contributed by atoms with van der Waals surface area (Å²) < 4.78 is 0. The molecule has 0 bridgehead atoms. The predicted molar refractivity (Wildman–Crippen MR) is 81.8 cm³/mol. The van der Waals surface area contributed by atoms with Crippen molar-refractivity contribution in [1.82, 2.24) is 10.3 Å². The molecule has 19 heavy (non-hydrogen) atoms. The molecule has 0 aromatic carbocycles. The SMILES string of the molecule is CC(C)(C)C1CCN(c2nc(CNC3CC3)cs2)C1. The summed E-state index contributed by atoms with van der Waals surface area (Å²) in [5.74, 6) is 0.796. The molecule has 1 saturated heterocycles. The monoisotopic (exact) mass is 279 g/mol. The Hall–Kier alpha value is -0.610. The van der Waals surface area contributed by atoms with Crippen LogP contribution in [-0.4, -0.2) is 24.1 Å². The molecule has 1 aromatic rings. The van der Waals surface area contributed by atoms with Crippen LogP contribution in [-0.2, 0) is 6.54 Å². The summed E-state index contributed by atoms with van der Waals surface area (Å²) in [7, 11) is 0. The second-order valence-electron chi connectivity index (χ2n) is 7.07. The van der Waals surface area contributed by atoms with Crippen LogP contribution < -0.4 is 10.2 Å². The second-order valence-corrected chi connectivity index (χ2v) is 7.91. The van der Waals surface area contributed by atoms with E-state index in [9.17, 15) is 0 Å². The molecule has 2 heterocycles. The smallest absolute Gasteiger partial charge is 0.185 e. The third kappa shape index (κ3) is 3.29. The lowest BCUT2D eigenvalue weighted by Gasteiger charge is -2.26. The first-order chi connectivity index (χ1) is 9.02. The normalized spacial score (nSPS) is 24.2. The zero-order valence-corrected chi connectivity index (χ0v) is 13.1. The molecule has 2 aliphatic rings. The fourth-order valence-electron chi connectivity index (χ4n) is 2.70. The van der Waals surface area contributed by atoms with Crippen molar-refractivity contribution < 1.29 is 0 Å². The molecule has 0 radical (unpaired) electrons. The van der Waals surface area contributed by atoms with E-state index in [1.165, 1.54) is 43.2 Å². The van der Waals surface area contributed by atoms with Crippen LogP contribution in [0.3, 0.4) is 0 Å². The predicted octanol–water partition coefficient (Wildman–Crippen LogP) is 3.27. The minimum absolute atomic E-state index is 0.419. The number of anilines is 1. The van der Waals surface area contributed by atoms with Crippen molar-refractivity contribution in [3.63, 3.8) is 0 Å². The van der Waals surface area contributed by atoms with Gasteiger partial charge in [-0.3, -0.25) is 0 Å². The van der Waals surface area contributed by atoms with Crippen molar-refractivity contribution in [2.45, 2.75) is 52.6 Å². The number of hydrogen-bond acceptors (Lipinski definition) is 4. The topological polar surface area (TPSA) is 28.2 Å². The summed E-state index contributed by atoms with van der Waals surface area (Å²) in [5, 5.41) is 6.97. The summed E-state index contributed by atoms with van der Waals surface area (Å²) in [4.78, 5) is 7.26. The first-order valence-electron chi connectivity index (χ1n) is 7.45. The minimum Gasteiger partial charge on any atom is -0.348 e. The molecule has 1 atom stereocenters. The Kier molecular flexibility index (Phi) is 3.56. The highest BCUT2D eigenvalue weighted by Crippen LogP contribution is 2.36. The van der Waals surface area contributed by atoms with Gasteiger partial charge in [0.15, 0.2) is 5.13 Å². The summed E-state index contributed by atoms with van der Waals surface area (Å²) >= 11 is 1.81. The van der Waals surface area contributed by atoms with Crippen LogP contribution in [0.25, 0.3) is 0 Å². The van der Waals surface area contributed by atoms with Crippen LogP contribution in [0.15, 0.2) is 5.38 Å². The molecule has 2 fully saturated rings. The van der Waals surface area contributed by atoms with E-state index in [4.69, 9.17) is 4.98 Å². The van der Waals surface area contributed by atoms with Gasteiger partial charge < -0.3 is 10.2 Å². The highest BCUT2D eigenvalue weighted by molar-refractivity contribution is 7.13. The molecule has 3 rings (SSSR count). The number of thiazole rings is 1. The quantitative estimate of drug-likeness (QED) is 0.917. The number of nitrogens with one attached hydrogen (secondary N) is 1. The molecule has 1 unspecified atom stereocenters. The van der Waals surface area contributed by atoms with E-state index >= 15 is 0 Å². The second kappa shape index (κ2) is 5.06. The third-order valence-electron chi connectivity index (χ3n) is 4.37. The van der Waals surface area contributed by atoms with Gasteiger partial charge in [-0.25, -0.2) is 4.98 Å². The molecule has 3 nitrogen and oxygen atoms in total. The molecule has 1 aliphatic heterocycles. The summed E-state index contributed by atoms with van der Waals surface area (Å²) in [6, 6.07) is 0.766. The third-order valence-corrected chi connectivity index (χ3v) is 5.32. The fourth-order valence-corrected chi connectivity index (χ4v) is 3.56. The molecule has 1 saturated carbocycles. The van der Waals surface area contributed by atoms with Crippen LogP contribution in [0.1, 0.15) is 45.7 Å². The molecule has 1 aromatic heterocycles. The van der Waals surface area contributed by atoms with Gasteiger partial charge >= 0.3 is 0 Å².